The average molecular weight is 432 g/mol. The van der Waals surface area contributed by atoms with Gasteiger partial charge in [0.05, 0.1) is 17.5 Å². The number of nitrogens with one attached hydrogen (secondary N) is 1. The number of hydrogen-bond acceptors (Lipinski definition) is 4. The van der Waals surface area contributed by atoms with Crippen molar-refractivity contribution < 1.29 is 14.7 Å². The van der Waals surface area contributed by atoms with Crippen molar-refractivity contribution in [3.8, 4) is 0 Å². The number of rotatable bonds is 5. The maximum absolute atomic E-state index is 12.5. The van der Waals surface area contributed by atoms with E-state index in [4.69, 9.17) is 4.98 Å². The van der Waals surface area contributed by atoms with Crippen LogP contribution in [0.3, 0.4) is 0 Å². The van der Waals surface area contributed by atoms with E-state index in [1.165, 1.54) is 6.42 Å². The minimum atomic E-state index is -1.00. The van der Waals surface area contributed by atoms with Gasteiger partial charge < -0.3 is 15.3 Å². The summed E-state index contributed by atoms with van der Waals surface area (Å²) < 4.78 is 0. The van der Waals surface area contributed by atoms with Gasteiger partial charge in [0.15, 0.2) is 0 Å². The maximum atomic E-state index is 12.5. The van der Waals surface area contributed by atoms with Crippen molar-refractivity contribution in [1.82, 2.24) is 4.98 Å². The second kappa shape index (κ2) is 8.99. The minimum Gasteiger partial charge on any atom is -0.478 e. The number of carboxylic acid groups (broad SMARTS) is 1. The van der Waals surface area contributed by atoms with Crippen LogP contribution in [-0.2, 0) is 11.2 Å². The van der Waals surface area contributed by atoms with E-state index in [9.17, 15) is 14.7 Å². The summed E-state index contributed by atoms with van der Waals surface area (Å²) in [5, 5.41) is 13.3. The summed E-state index contributed by atoms with van der Waals surface area (Å²) in [6.45, 7) is 8.18. The number of aromatic carboxylic acids is 1. The van der Waals surface area contributed by atoms with Crippen molar-refractivity contribution in [3.05, 3.63) is 65.2 Å². The molecular weight excluding hydrogens is 402 g/mol. The fourth-order valence-electron chi connectivity index (χ4n) is 4.58. The number of nitrogens with zero attached hydrogens (tertiary/aromatic N) is 2. The zero-order valence-electron chi connectivity index (χ0n) is 18.8. The standard InChI is InChI=1S/C26H29N3O3/c1-16-4-6-19(7-5-16)11-25(30)27-20-8-9-23-21(12-20)22(26(31)32)13-24(28-23)29-14-17(2)10-18(3)15-29/h4-9,12-13,17-18H,10-11,14-15H2,1-3H3,(H,27,30)(H,31,32)/t17-,18-/m1/s1. The summed E-state index contributed by atoms with van der Waals surface area (Å²) in [4.78, 5) is 31.5. The highest BCUT2D eigenvalue weighted by Gasteiger charge is 2.24. The number of aryl methyl sites for hydroxylation is 1. The Morgan fingerprint density at radius 1 is 1.06 bits per heavy atom. The Morgan fingerprint density at radius 3 is 2.41 bits per heavy atom. The molecule has 1 aliphatic heterocycles. The SMILES string of the molecule is Cc1ccc(CC(=O)Nc2ccc3nc(N4C[C@H](C)C[C@@H](C)C4)cc(C(=O)O)c3c2)cc1. The smallest absolute Gasteiger partial charge is 0.336 e. The van der Waals surface area contributed by atoms with Crippen LogP contribution in [0.25, 0.3) is 10.9 Å². The molecule has 6 heteroatoms. The van der Waals surface area contributed by atoms with Crippen LogP contribution in [0.4, 0.5) is 11.5 Å². The Labute approximate surface area is 188 Å². The first-order valence-electron chi connectivity index (χ1n) is 11.1. The van der Waals surface area contributed by atoms with Crippen LogP contribution in [0.5, 0.6) is 0 Å². The third kappa shape index (κ3) is 4.90. The molecule has 2 aromatic carbocycles. The number of piperidine rings is 1. The van der Waals surface area contributed by atoms with Crippen LogP contribution >= 0.6 is 0 Å². The van der Waals surface area contributed by atoms with Gasteiger partial charge >= 0.3 is 5.97 Å². The Bertz CT molecular complexity index is 1150. The number of benzene rings is 2. The molecule has 4 rings (SSSR count). The van der Waals surface area contributed by atoms with Gasteiger partial charge in [-0.15, -0.1) is 0 Å². The molecule has 32 heavy (non-hydrogen) atoms. The first kappa shape index (κ1) is 21.8. The van der Waals surface area contributed by atoms with Gasteiger partial charge in [-0.1, -0.05) is 43.7 Å². The van der Waals surface area contributed by atoms with E-state index in [-0.39, 0.29) is 17.9 Å². The molecule has 1 aromatic heterocycles. The highest BCUT2D eigenvalue weighted by molar-refractivity contribution is 6.05. The molecule has 3 aromatic rings. The third-order valence-electron chi connectivity index (χ3n) is 5.99. The fourth-order valence-corrected chi connectivity index (χ4v) is 4.58. The normalized spacial score (nSPS) is 18.5. The second-order valence-corrected chi connectivity index (χ2v) is 9.13. The monoisotopic (exact) mass is 431 g/mol. The molecule has 1 amide bonds. The van der Waals surface area contributed by atoms with Gasteiger partial charge in [0.25, 0.3) is 0 Å². The third-order valence-corrected chi connectivity index (χ3v) is 5.99. The molecule has 0 unspecified atom stereocenters. The lowest BCUT2D eigenvalue weighted by atomic mass is 9.92. The molecule has 1 saturated heterocycles. The molecule has 0 saturated carbocycles. The summed E-state index contributed by atoms with van der Waals surface area (Å²) >= 11 is 0. The van der Waals surface area contributed by atoms with Gasteiger partial charge in [0.2, 0.25) is 5.91 Å². The quantitative estimate of drug-likeness (QED) is 0.600. The molecular formula is C26H29N3O3. The number of carboxylic acids is 1. The molecule has 1 fully saturated rings. The van der Waals surface area contributed by atoms with Gasteiger partial charge in [-0.3, -0.25) is 4.79 Å². The number of amides is 1. The van der Waals surface area contributed by atoms with Crippen LogP contribution in [0.1, 0.15) is 41.8 Å². The van der Waals surface area contributed by atoms with E-state index in [1.807, 2.05) is 31.2 Å². The number of carbonyl (C=O) groups excluding carboxylic acids is 1. The van der Waals surface area contributed by atoms with Gasteiger partial charge in [-0.2, -0.15) is 0 Å². The van der Waals surface area contributed by atoms with Crippen molar-refractivity contribution in [3.63, 3.8) is 0 Å². The molecule has 2 heterocycles. The van der Waals surface area contributed by atoms with E-state index < -0.39 is 5.97 Å². The Kier molecular flexibility index (Phi) is 6.12. The van der Waals surface area contributed by atoms with Gasteiger partial charge in [0, 0.05) is 24.2 Å². The predicted octanol–water partition coefficient (Wildman–Crippen LogP) is 4.90. The minimum absolute atomic E-state index is 0.147. The number of fused-ring (bicyclic) bond motifs is 1. The zero-order chi connectivity index (χ0) is 22.8. The predicted molar refractivity (Wildman–Crippen MR) is 127 cm³/mol. The van der Waals surface area contributed by atoms with E-state index >= 15 is 0 Å². The Balaban J connectivity index is 1.60. The van der Waals surface area contributed by atoms with Crippen molar-refractivity contribution >= 4 is 34.3 Å². The molecule has 0 aliphatic carbocycles. The molecule has 1 aliphatic rings. The van der Waals surface area contributed by atoms with Crippen molar-refractivity contribution in [2.24, 2.45) is 11.8 Å². The van der Waals surface area contributed by atoms with Crippen LogP contribution in [-0.4, -0.2) is 35.1 Å². The van der Waals surface area contributed by atoms with Crippen LogP contribution in [0.15, 0.2) is 48.5 Å². The number of aromatic nitrogens is 1. The number of anilines is 2. The summed E-state index contributed by atoms with van der Waals surface area (Å²) in [6, 6.07) is 14.7. The first-order chi connectivity index (χ1) is 15.3. The van der Waals surface area contributed by atoms with Crippen molar-refractivity contribution in [2.75, 3.05) is 23.3 Å². The van der Waals surface area contributed by atoms with E-state index in [1.54, 1.807) is 24.3 Å². The summed E-state index contributed by atoms with van der Waals surface area (Å²) in [6.07, 6.45) is 1.42. The second-order valence-electron chi connectivity index (χ2n) is 9.13. The highest BCUT2D eigenvalue weighted by Crippen LogP contribution is 2.30. The first-order valence-corrected chi connectivity index (χ1v) is 11.1. The summed E-state index contributed by atoms with van der Waals surface area (Å²) in [5.41, 5.74) is 3.45. The maximum Gasteiger partial charge on any atom is 0.336 e. The molecule has 0 spiro atoms. The topological polar surface area (TPSA) is 82.5 Å². The lowest BCUT2D eigenvalue weighted by Crippen LogP contribution is -2.39. The number of carbonyl (C=O) groups is 2. The largest absolute Gasteiger partial charge is 0.478 e. The van der Waals surface area contributed by atoms with Gasteiger partial charge in [0.1, 0.15) is 5.82 Å². The number of hydrogen-bond donors (Lipinski definition) is 2. The average Bonchev–Trinajstić information content (AvgIpc) is 2.73. The summed E-state index contributed by atoms with van der Waals surface area (Å²) in [5.74, 6) is 0.626. The molecule has 0 bridgehead atoms. The van der Waals surface area contributed by atoms with Crippen LogP contribution in [0, 0.1) is 18.8 Å². The fraction of sp³-hybridized carbons (Fsp3) is 0.346. The zero-order valence-corrected chi connectivity index (χ0v) is 18.8. The van der Waals surface area contributed by atoms with Crippen molar-refractivity contribution in [2.45, 2.75) is 33.6 Å². The van der Waals surface area contributed by atoms with Crippen molar-refractivity contribution in [1.29, 1.82) is 0 Å². The summed E-state index contributed by atoms with van der Waals surface area (Å²) in [7, 11) is 0. The molecule has 166 valence electrons. The molecule has 0 radical (unpaired) electrons. The lowest BCUT2D eigenvalue weighted by Gasteiger charge is -2.36. The molecule has 2 atom stereocenters. The lowest BCUT2D eigenvalue weighted by molar-refractivity contribution is -0.115. The highest BCUT2D eigenvalue weighted by atomic mass is 16.4. The molecule has 6 nitrogen and oxygen atoms in total. The van der Waals surface area contributed by atoms with Gasteiger partial charge in [-0.25, -0.2) is 9.78 Å². The van der Waals surface area contributed by atoms with E-state index in [2.05, 4.69) is 24.1 Å². The number of pyridine rings is 1. The van der Waals surface area contributed by atoms with E-state index in [0.717, 1.165) is 24.2 Å². The molecule has 2 N–H and O–H groups in total. The van der Waals surface area contributed by atoms with Gasteiger partial charge in [-0.05, 0) is 55.0 Å². The van der Waals surface area contributed by atoms with Crippen LogP contribution < -0.4 is 10.2 Å². The van der Waals surface area contributed by atoms with Crippen LogP contribution in [0.2, 0.25) is 0 Å². The Morgan fingerprint density at radius 2 is 1.75 bits per heavy atom. The Hall–Kier alpha value is -3.41. The van der Waals surface area contributed by atoms with E-state index in [0.29, 0.717) is 34.2 Å².